The van der Waals surface area contributed by atoms with Gasteiger partial charge in [0.1, 0.15) is 10.4 Å². The number of carboxylic acid groups (broad SMARTS) is 1. The van der Waals surface area contributed by atoms with Crippen molar-refractivity contribution >= 4 is 57.4 Å². The maximum atomic E-state index is 12.1. The van der Waals surface area contributed by atoms with Crippen molar-refractivity contribution in [3.63, 3.8) is 0 Å². The van der Waals surface area contributed by atoms with Gasteiger partial charge in [0.05, 0.1) is 0 Å². The highest BCUT2D eigenvalue weighted by atomic mass is 35.5. The van der Waals surface area contributed by atoms with Gasteiger partial charge in [-0.05, 0) is 54.6 Å². The van der Waals surface area contributed by atoms with Crippen LogP contribution < -0.4 is 0 Å². The molecule has 3 aromatic carbocycles. The van der Waals surface area contributed by atoms with Crippen LogP contribution in [0.25, 0.3) is 28.1 Å². The molecule has 0 spiro atoms. The molecule has 1 N–H and O–H groups in total. The third kappa shape index (κ3) is 4.15. The number of nitrogens with zero attached hydrogens (tertiary/aromatic N) is 2. The van der Waals surface area contributed by atoms with Gasteiger partial charge in [-0.1, -0.05) is 60.1 Å². The molecule has 5 aromatic rings. The summed E-state index contributed by atoms with van der Waals surface area (Å²) in [5.41, 5.74) is 5.12. The zero-order valence-electron chi connectivity index (χ0n) is 17.7. The quantitative estimate of drug-likeness (QED) is 0.212. The molecule has 5 nitrogen and oxygen atoms in total. The van der Waals surface area contributed by atoms with Crippen molar-refractivity contribution in [2.75, 3.05) is 0 Å². The second kappa shape index (κ2) is 8.81. The molecule has 7 heteroatoms. The van der Waals surface area contributed by atoms with E-state index in [1.165, 1.54) is 0 Å². The van der Waals surface area contributed by atoms with Crippen molar-refractivity contribution in [1.82, 2.24) is 9.55 Å². The van der Waals surface area contributed by atoms with Gasteiger partial charge < -0.3 is 14.1 Å². The molecule has 5 rings (SSSR count). The molecule has 0 saturated carbocycles. The minimum atomic E-state index is -1.04. The zero-order chi connectivity index (χ0) is 22.9. The predicted octanol–water partition coefficient (Wildman–Crippen LogP) is 7.01. The number of carboxylic acids is 1. The topological polar surface area (TPSA) is 68.3 Å². The molecule has 33 heavy (non-hydrogen) atoms. The zero-order valence-corrected chi connectivity index (χ0v) is 19.2. The van der Waals surface area contributed by atoms with Crippen LogP contribution in [-0.4, -0.2) is 20.6 Å². The number of halogens is 1. The first-order chi connectivity index (χ1) is 16.0. The van der Waals surface area contributed by atoms with E-state index in [9.17, 15) is 9.90 Å². The average Bonchev–Trinajstić information content (AvgIpc) is 3.34. The molecule has 0 aliphatic rings. The van der Waals surface area contributed by atoms with Gasteiger partial charge in [0.25, 0.3) is 5.22 Å². The van der Waals surface area contributed by atoms with Crippen LogP contribution in [-0.2, 0) is 11.3 Å². The maximum Gasteiger partial charge on any atom is 0.342 e. The summed E-state index contributed by atoms with van der Waals surface area (Å²) in [6, 6.07) is 23.1. The number of benzene rings is 3. The van der Waals surface area contributed by atoms with E-state index in [1.54, 1.807) is 6.08 Å². The van der Waals surface area contributed by atoms with Crippen LogP contribution in [0, 0.1) is 6.92 Å². The molecule has 0 fully saturated rings. The van der Waals surface area contributed by atoms with Gasteiger partial charge >= 0.3 is 5.97 Å². The van der Waals surface area contributed by atoms with Crippen molar-refractivity contribution in [3.05, 3.63) is 99.5 Å². The number of hydrogen-bond acceptors (Lipinski definition) is 4. The highest BCUT2D eigenvalue weighted by molar-refractivity contribution is 8.03. The Labute approximate surface area is 199 Å². The van der Waals surface area contributed by atoms with Crippen molar-refractivity contribution in [3.8, 4) is 0 Å². The lowest BCUT2D eigenvalue weighted by molar-refractivity contribution is -0.131. The number of thioether (sulfide) groups is 1. The Morgan fingerprint density at radius 3 is 2.61 bits per heavy atom. The molecule has 164 valence electrons. The van der Waals surface area contributed by atoms with Gasteiger partial charge in [-0.25, -0.2) is 9.78 Å². The van der Waals surface area contributed by atoms with E-state index in [1.807, 2.05) is 79.7 Å². The number of carbonyl (C=O) groups is 1. The largest absolute Gasteiger partial charge is 0.477 e. The molecule has 0 bridgehead atoms. The Bertz CT molecular complexity index is 1500. The molecule has 0 aliphatic carbocycles. The van der Waals surface area contributed by atoms with E-state index in [0.29, 0.717) is 27.9 Å². The molecule has 0 aliphatic heterocycles. The van der Waals surface area contributed by atoms with E-state index >= 15 is 0 Å². The second-order valence-electron chi connectivity index (χ2n) is 7.56. The van der Waals surface area contributed by atoms with E-state index in [-0.39, 0.29) is 4.91 Å². The van der Waals surface area contributed by atoms with E-state index in [2.05, 4.69) is 9.55 Å². The Kier molecular flexibility index (Phi) is 5.70. The monoisotopic (exact) mass is 474 g/mol. The molecule has 0 unspecified atom stereocenters. The summed E-state index contributed by atoms with van der Waals surface area (Å²) in [4.78, 5) is 16.7. The summed E-state index contributed by atoms with van der Waals surface area (Å²) >= 11 is 7.41. The standard InChI is InChI=1S/C26H19ClN2O3S/c1-16-19(14-24(25(30)31)33-26-28-21-11-5-7-13-23(21)32-26)18-9-3-6-12-22(18)29(16)15-17-8-2-4-10-20(17)27/h2-14H,15H2,1H3,(H,30,31)/b24-14-. The van der Waals surface area contributed by atoms with Crippen LogP contribution in [0.2, 0.25) is 5.02 Å². The highest BCUT2D eigenvalue weighted by Gasteiger charge is 2.19. The van der Waals surface area contributed by atoms with Gasteiger partial charge in [-0.15, -0.1) is 0 Å². The Hall–Kier alpha value is -3.48. The molecular formula is C26H19ClN2O3S. The minimum absolute atomic E-state index is 0.130. The molecular weight excluding hydrogens is 456 g/mol. The van der Waals surface area contributed by atoms with Crippen molar-refractivity contribution in [2.45, 2.75) is 18.7 Å². The fourth-order valence-electron chi connectivity index (χ4n) is 3.90. The Balaban J connectivity index is 1.59. The number of aliphatic carboxylic acids is 1. The van der Waals surface area contributed by atoms with Crippen LogP contribution in [0.3, 0.4) is 0 Å². The van der Waals surface area contributed by atoms with Crippen LogP contribution in [0.1, 0.15) is 16.8 Å². The van der Waals surface area contributed by atoms with Gasteiger partial charge in [0.15, 0.2) is 5.58 Å². The van der Waals surface area contributed by atoms with Crippen LogP contribution in [0.15, 0.2) is 87.3 Å². The van der Waals surface area contributed by atoms with Crippen LogP contribution >= 0.6 is 23.4 Å². The number of fused-ring (bicyclic) bond motifs is 2. The summed E-state index contributed by atoms with van der Waals surface area (Å²) in [7, 11) is 0. The van der Waals surface area contributed by atoms with Crippen molar-refractivity contribution < 1.29 is 14.3 Å². The Morgan fingerprint density at radius 2 is 1.82 bits per heavy atom. The molecule has 2 aromatic heterocycles. The van der Waals surface area contributed by atoms with E-state index in [0.717, 1.165) is 39.5 Å². The summed E-state index contributed by atoms with van der Waals surface area (Å²) in [5, 5.41) is 11.9. The minimum Gasteiger partial charge on any atom is -0.477 e. The van der Waals surface area contributed by atoms with Crippen LogP contribution in [0.4, 0.5) is 0 Å². The van der Waals surface area contributed by atoms with E-state index in [4.69, 9.17) is 16.0 Å². The third-order valence-electron chi connectivity index (χ3n) is 5.52. The summed E-state index contributed by atoms with van der Waals surface area (Å²) in [6.45, 7) is 2.58. The molecule has 2 heterocycles. The molecule has 0 radical (unpaired) electrons. The van der Waals surface area contributed by atoms with Gasteiger partial charge in [0.2, 0.25) is 0 Å². The fourth-order valence-corrected chi connectivity index (χ4v) is 4.82. The SMILES string of the molecule is Cc1c(/C=C(\Sc2nc3ccccc3o2)C(=O)O)c2ccccc2n1Cc1ccccc1Cl. The average molecular weight is 475 g/mol. The van der Waals surface area contributed by atoms with Crippen molar-refractivity contribution in [1.29, 1.82) is 0 Å². The van der Waals surface area contributed by atoms with Crippen molar-refractivity contribution in [2.24, 2.45) is 0 Å². The number of hydrogen-bond donors (Lipinski definition) is 1. The highest BCUT2D eigenvalue weighted by Crippen LogP contribution is 2.34. The first kappa shape index (κ1) is 21.4. The number of oxazole rings is 1. The summed E-state index contributed by atoms with van der Waals surface area (Å²) in [5.74, 6) is -1.04. The normalized spacial score (nSPS) is 12.0. The van der Waals surface area contributed by atoms with E-state index < -0.39 is 5.97 Å². The second-order valence-corrected chi connectivity index (χ2v) is 8.96. The first-order valence-corrected chi connectivity index (χ1v) is 11.5. The summed E-state index contributed by atoms with van der Waals surface area (Å²) < 4.78 is 7.89. The lowest BCUT2D eigenvalue weighted by Crippen LogP contribution is -2.02. The Morgan fingerprint density at radius 1 is 1.09 bits per heavy atom. The number of rotatable bonds is 6. The number of para-hydroxylation sites is 3. The third-order valence-corrected chi connectivity index (χ3v) is 6.75. The lowest BCUT2D eigenvalue weighted by Gasteiger charge is -2.10. The van der Waals surface area contributed by atoms with Gasteiger partial charge in [-0.2, -0.15) is 0 Å². The molecule has 0 amide bonds. The lowest BCUT2D eigenvalue weighted by atomic mass is 10.1. The fraction of sp³-hybridized carbons (Fsp3) is 0.0769. The van der Waals surface area contributed by atoms with Gasteiger partial charge in [0, 0.05) is 33.7 Å². The first-order valence-electron chi connectivity index (χ1n) is 10.3. The maximum absolute atomic E-state index is 12.1. The number of aromatic nitrogens is 2. The predicted molar refractivity (Wildman–Crippen MR) is 133 cm³/mol. The summed E-state index contributed by atoms with van der Waals surface area (Å²) in [6.07, 6.45) is 1.70. The smallest absolute Gasteiger partial charge is 0.342 e. The molecule has 0 atom stereocenters. The van der Waals surface area contributed by atoms with Gasteiger partial charge in [-0.3, -0.25) is 0 Å². The van der Waals surface area contributed by atoms with Crippen LogP contribution in [0.5, 0.6) is 0 Å². The molecule has 0 saturated heterocycles.